The number of hydrogen-bond donors (Lipinski definition) is 0. The van der Waals surface area contributed by atoms with Crippen molar-refractivity contribution in [2.75, 3.05) is 13.1 Å². The molecule has 1 fully saturated rings. The monoisotopic (exact) mass is 338 g/mol. The van der Waals surface area contributed by atoms with Crippen LogP contribution in [0.3, 0.4) is 0 Å². The van der Waals surface area contributed by atoms with Gasteiger partial charge in [-0.05, 0) is 58.7 Å². The van der Waals surface area contributed by atoms with Gasteiger partial charge in [-0.1, -0.05) is 20.8 Å². The topological polar surface area (TPSA) is 33.2 Å². The summed E-state index contributed by atoms with van der Waals surface area (Å²) in [4.78, 5) is 18.6. The van der Waals surface area contributed by atoms with Gasteiger partial charge in [0.1, 0.15) is 5.69 Å². The summed E-state index contributed by atoms with van der Waals surface area (Å²) in [5, 5.41) is 0. The maximum absolute atomic E-state index is 12.5. The second kappa shape index (κ2) is 6.25. The highest BCUT2D eigenvalue weighted by Crippen LogP contribution is 2.34. The molecule has 110 valence electrons. The van der Waals surface area contributed by atoms with Crippen molar-refractivity contribution in [3.05, 3.63) is 28.5 Å². The van der Waals surface area contributed by atoms with Gasteiger partial charge in [0, 0.05) is 23.8 Å². The van der Waals surface area contributed by atoms with Crippen LogP contribution in [0.25, 0.3) is 0 Å². The third-order valence-electron chi connectivity index (χ3n) is 4.19. The maximum Gasteiger partial charge on any atom is 0.272 e. The predicted molar refractivity (Wildman–Crippen MR) is 84.6 cm³/mol. The number of carbonyl (C=O) groups excluding carboxylic acids is 1. The molecule has 0 saturated carbocycles. The number of pyridine rings is 1. The molecular weight excluding hydrogens is 316 g/mol. The Bertz CT molecular complexity index is 464. The lowest BCUT2D eigenvalue weighted by Crippen LogP contribution is -2.33. The van der Waals surface area contributed by atoms with Crippen LogP contribution in [0.1, 0.15) is 50.5 Å². The van der Waals surface area contributed by atoms with Crippen molar-refractivity contribution in [2.45, 2.75) is 40.0 Å². The number of aromatic nitrogens is 1. The first-order valence-electron chi connectivity index (χ1n) is 7.29. The average molecular weight is 339 g/mol. The summed E-state index contributed by atoms with van der Waals surface area (Å²) in [5.41, 5.74) is 0.872. The zero-order valence-corrected chi connectivity index (χ0v) is 14.1. The zero-order valence-electron chi connectivity index (χ0n) is 12.5. The molecule has 1 saturated heterocycles. The molecule has 1 aromatic rings. The number of amides is 1. The smallest absolute Gasteiger partial charge is 0.272 e. The fourth-order valence-electron chi connectivity index (χ4n) is 2.83. The molecule has 0 aromatic carbocycles. The molecule has 0 spiro atoms. The van der Waals surface area contributed by atoms with Crippen LogP contribution in [0.5, 0.6) is 0 Å². The van der Waals surface area contributed by atoms with Crippen LogP contribution in [0.15, 0.2) is 22.8 Å². The van der Waals surface area contributed by atoms with E-state index in [0.29, 0.717) is 17.0 Å². The quantitative estimate of drug-likeness (QED) is 0.771. The Kier molecular flexibility index (Phi) is 4.84. The van der Waals surface area contributed by atoms with Crippen LogP contribution in [-0.4, -0.2) is 28.9 Å². The van der Waals surface area contributed by atoms with Gasteiger partial charge in [-0.25, -0.2) is 4.98 Å². The Morgan fingerprint density at radius 3 is 2.65 bits per heavy atom. The van der Waals surface area contributed by atoms with Gasteiger partial charge in [-0.15, -0.1) is 0 Å². The lowest BCUT2D eigenvalue weighted by molar-refractivity contribution is 0.0749. The van der Waals surface area contributed by atoms with E-state index in [1.54, 1.807) is 12.3 Å². The van der Waals surface area contributed by atoms with Gasteiger partial charge in [0.05, 0.1) is 0 Å². The van der Waals surface area contributed by atoms with Crippen LogP contribution >= 0.6 is 15.9 Å². The standard InChI is InChI=1S/C16H23BrN2O/c1-16(2,3)12-5-4-9-19(10-8-12)15(20)14-7-6-13(17)11-18-14/h6-7,11-12H,4-5,8-10H2,1-3H3. The van der Waals surface area contributed by atoms with E-state index in [4.69, 9.17) is 0 Å². The molecule has 0 aliphatic carbocycles. The Balaban J connectivity index is 2.03. The second-order valence-electron chi connectivity index (χ2n) is 6.65. The molecule has 0 radical (unpaired) electrons. The molecule has 20 heavy (non-hydrogen) atoms. The summed E-state index contributed by atoms with van der Waals surface area (Å²) in [6, 6.07) is 3.66. The lowest BCUT2D eigenvalue weighted by Gasteiger charge is -2.29. The molecule has 0 N–H and O–H groups in total. The van der Waals surface area contributed by atoms with E-state index in [0.717, 1.165) is 30.4 Å². The van der Waals surface area contributed by atoms with Gasteiger partial charge in [-0.3, -0.25) is 4.79 Å². The Morgan fingerprint density at radius 2 is 2.05 bits per heavy atom. The fourth-order valence-corrected chi connectivity index (χ4v) is 3.06. The minimum atomic E-state index is 0.0621. The summed E-state index contributed by atoms with van der Waals surface area (Å²) < 4.78 is 0.901. The van der Waals surface area contributed by atoms with E-state index in [2.05, 4.69) is 41.7 Å². The molecule has 2 rings (SSSR count). The molecule has 1 unspecified atom stereocenters. The predicted octanol–water partition coefficient (Wildman–Crippen LogP) is 4.13. The number of likely N-dealkylation sites (tertiary alicyclic amines) is 1. The first kappa shape index (κ1) is 15.5. The Labute approximate surface area is 129 Å². The van der Waals surface area contributed by atoms with Gasteiger partial charge >= 0.3 is 0 Å². The van der Waals surface area contributed by atoms with Crippen LogP contribution < -0.4 is 0 Å². The molecule has 1 aliphatic rings. The lowest BCUT2D eigenvalue weighted by atomic mass is 9.77. The first-order valence-corrected chi connectivity index (χ1v) is 8.08. The molecule has 1 aromatic heterocycles. The molecule has 1 aliphatic heterocycles. The van der Waals surface area contributed by atoms with Crippen molar-refractivity contribution in [1.82, 2.24) is 9.88 Å². The Morgan fingerprint density at radius 1 is 1.30 bits per heavy atom. The van der Waals surface area contributed by atoms with Gasteiger partial charge in [0.2, 0.25) is 0 Å². The van der Waals surface area contributed by atoms with Gasteiger partial charge in [-0.2, -0.15) is 0 Å². The zero-order chi connectivity index (χ0) is 14.8. The van der Waals surface area contributed by atoms with E-state index in [-0.39, 0.29) is 5.91 Å². The third-order valence-corrected chi connectivity index (χ3v) is 4.66. The SMILES string of the molecule is CC(C)(C)C1CCCN(C(=O)c2ccc(Br)cn2)CC1. The number of carbonyl (C=O) groups is 1. The van der Waals surface area contributed by atoms with E-state index in [9.17, 15) is 4.79 Å². The number of nitrogens with zero attached hydrogens (tertiary/aromatic N) is 2. The molecule has 3 nitrogen and oxygen atoms in total. The Hall–Kier alpha value is -0.900. The van der Waals surface area contributed by atoms with Crippen LogP contribution in [0.2, 0.25) is 0 Å². The molecule has 2 heterocycles. The summed E-state index contributed by atoms with van der Waals surface area (Å²) in [5.74, 6) is 0.755. The van der Waals surface area contributed by atoms with Gasteiger partial charge < -0.3 is 4.90 Å². The van der Waals surface area contributed by atoms with E-state index < -0.39 is 0 Å². The van der Waals surface area contributed by atoms with Crippen LogP contribution in [-0.2, 0) is 0 Å². The average Bonchev–Trinajstić information content (AvgIpc) is 2.64. The van der Waals surface area contributed by atoms with E-state index in [1.807, 2.05) is 11.0 Å². The summed E-state index contributed by atoms with van der Waals surface area (Å²) in [6.07, 6.45) is 5.07. The molecular formula is C16H23BrN2O. The van der Waals surface area contributed by atoms with Gasteiger partial charge in [0.25, 0.3) is 5.91 Å². The number of rotatable bonds is 1. The first-order chi connectivity index (χ1) is 9.38. The molecule has 0 bridgehead atoms. The van der Waals surface area contributed by atoms with E-state index >= 15 is 0 Å². The molecule has 4 heteroatoms. The minimum Gasteiger partial charge on any atom is -0.337 e. The molecule has 1 amide bonds. The maximum atomic E-state index is 12.5. The normalized spacial score (nSPS) is 20.6. The number of hydrogen-bond acceptors (Lipinski definition) is 2. The van der Waals surface area contributed by atoms with Crippen LogP contribution in [0.4, 0.5) is 0 Å². The van der Waals surface area contributed by atoms with Crippen molar-refractivity contribution < 1.29 is 4.79 Å². The van der Waals surface area contributed by atoms with Crippen molar-refractivity contribution in [2.24, 2.45) is 11.3 Å². The summed E-state index contributed by atoms with van der Waals surface area (Å²) >= 11 is 3.35. The van der Waals surface area contributed by atoms with E-state index in [1.165, 1.54) is 6.42 Å². The van der Waals surface area contributed by atoms with Crippen molar-refractivity contribution in [3.63, 3.8) is 0 Å². The largest absolute Gasteiger partial charge is 0.337 e. The van der Waals surface area contributed by atoms with Crippen molar-refractivity contribution in [1.29, 1.82) is 0 Å². The van der Waals surface area contributed by atoms with Crippen molar-refractivity contribution >= 4 is 21.8 Å². The third kappa shape index (κ3) is 3.81. The summed E-state index contributed by atoms with van der Waals surface area (Å²) in [6.45, 7) is 8.59. The number of halogens is 1. The highest BCUT2D eigenvalue weighted by molar-refractivity contribution is 9.10. The highest BCUT2D eigenvalue weighted by atomic mass is 79.9. The fraction of sp³-hybridized carbons (Fsp3) is 0.625. The highest BCUT2D eigenvalue weighted by Gasteiger charge is 2.28. The minimum absolute atomic E-state index is 0.0621. The van der Waals surface area contributed by atoms with Gasteiger partial charge in [0.15, 0.2) is 0 Å². The van der Waals surface area contributed by atoms with Crippen molar-refractivity contribution in [3.8, 4) is 0 Å². The molecule has 1 atom stereocenters. The second-order valence-corrected chi connectivity index (χ2v) is 7.56. The summed E-state index contributed by atoms with van der Waals surface area (Å²) in [7, 11) is 0. The van der Waals surface area contributed by atoms with Crippen LogP contribution in [0, 0.1) is 11.3 Å².